The fraction of sp³-hybridized carbons (Fsp3) is 0.273. The molecule has 1 aliphatic heterocycles. The van der Waals surface area contributed by atoms with Crippen LogP contribution in [0.5, 0.6) is 0 Å². The molecule has 1 aliphatic rings. The van der Waals surface area contributed by atoms with Crippen LogP contribution in [0.1, 0.15) is 26.3 Å². The van der Waals surface area contributed by atoms with Crippen LogP contribution in [0.2, 0.25) is 0 Å². The number of esters is 2. The van der Waals surface area contributed by atoms with Crippen LogP contribution in [-0.4, -0.2) is 32.2 Å². The lowest BCUT2D eigenvalue weighted by molar-refractivity contribution is -0.167. The minimum Gasteiger partial charge on any atom is -0.458 e. The number of allylic oxidation sites excluding steroid dienone is 4. The summed E-state index contributed by atoms with van der Waals surface area (Å²) in [4.78, 5) is 23.1. The zero-order valence-electron chi connectivity index (χ0n) is 16.4. The molecule has 0 aliphatic carbocycles. The summed E-state index contributed by atoms with van der Waals surface area (Å²) in [6, 6.07) is 8.39. The van der Waals surface area contributed by atoms with Crippen molar-refractivity contribution in [3.05, 3.63) is 72.0 Å². The van der Waals surface area contributed by atoms with E-state index in [0.717, 1.165) is 0 Å². The molecule has 0 radical (unpaired) electrons. The van der Waals surface area contributed by atoms with Gasteiger partial charge in [-0.1, -0.05) is 49.1 Å². The van der Waals surface area contributed by atoms with Crippen LogP contribution in [0.3, 0.4) is 0 Å². The van der Waals surface area contributed by atoms with E-state index in [4.69, 9.17) is 0 Å². The Morgan fingerprint density at radius 2 is 1.67 bits per heavy atom. The van der Waals surface area contributed by atoms with Gasteiger partial charge in [0.05, 0.1) is 13.2 Å². The molecule has 5 nitrogen and oxygen atoms in total. The summed E-state index contributed by atoms with van der Waals surface area (Å²) >= 11 is 0. The summed E-state index contributed by atoms with van der Waals surface area (Å²) in [6.45, 7) is 9.47. The topological polar surface area (TPSA) is 55.8 Å². The number of rotatable bonds is 3. The summed E-state index contributed by atoms with van der Waals surface area (Å²) in [5.74, 6) is -1.85. The van der Waals surface area contributed by atoms with Crippen LogP contribution in [-0.2, 0) is 19.1 Å². The number of hydrogen-bond acceptors (Lipinski definition) is 5. The summed E-state index contributed by atoms with van der Waals surface area (Å²) in [5, 5.41) is 0. The number of anilines is 1. The Kier molecular flexibility index (Phi) is 9.37. The molecule has 0 atom stereocenters. The third-order valence-electron chi connectivity index (χ3n) is 3.70. The van der Waals surface area contributed by atoms with Crippen molar-refractivity contribution in [2.45, 2.75) is 20.8 Å². The predicted octanol–water partition coefficient (Wildman–Crippen LogP) is 4.28. The molecule has 2 rings (SSSR count). The van der Waals surface area contributed by atoms with Crippen LogP contribution in [0.25, 0.3) is 6.08 Å². The normalized spacial score (nSPS) is 15.3. The van der Waals surface area contributed by atoms with Gasteiger partial charge in [-0.05, 0) is 44.1 Å². The number of fused-ring (bicyclic) bond motifs is 1. The van der Waals surface area contributed by atoms with Crippen molar-refractivity contribution in [3.63, 3.8) is 0 Å². The number of ether oxygens (including phenoxy) is 2. The van der Waals surface area contributed by atoms with Gasteiger partial charge in [0.1, 0.15) is 0 Å². The molecule has 27 heavy (non-hydrogen) atoms. The van der Waals surface area contributed by atoms with Crippen molar-refractivity contribution in [1.82, 2.24) is 0 Å². The lowest BCUT2D eigenvalue weighted by Gasteiger charge is -2.23. The van der Waals surface area contributed by atoms with Crippen LogP contribution >= 0.6 is 0 Å². The van der Waals surface area contributed by atoms with Gasteiger partial charge in [0.2, 0.25) is 0 Å². The first kappa shape index (κ1) is 22.0. The van der Waals surface area contributed by atoms with Gasteiger partial charge < -0.3 is 14.4 Å². The summed E-state index contributed by atoms with van der Waals surface area (Å²) in [5.41, 5.74) is 4.84. The van der Waals surface area contributed by atoms with E-state index in [1.54, 1.807) is 13.8 Å². The van der Waals surface area contributed by atoms with Gasteiger partial charge in [0, 0.05) is 18.4 Å². The summed E-state index contributed by atoms with van der Waals surface area (Å²) in [6.07, 6.45) is 10.3. The Balaban J connectivity index is 0.000000314. The second-order valence-corrected chi connectivity index (χ2v) is 5.42. The Morgan fingerprint density at radius 3 is 2.19 bits per heavy atom. The molecule has 5 heteroatoms. The SMILES string of the molecule is C=C/C=C1\C(=C/C)C=Cc2ccccc2N1C.CCOC(=O)C(=O)OCC. The van der Waals surface area contributed by atoms with E-state index in [9.17, 15) is 9.59 Å². The van der Waals surface area contributed by atoms with E-state index in [2.05, 4.69) is 77.4 Å². The zero-order valence-corrected chi connectivity index (χ0v) is 16.4. The van der Waals surface area contributed by atoms with Gasteiger partial charge in [-0.3, -0.25) is 0 Å². The Hall–Kier alpha value is -3.08. The van der Waals surface area contributed by atoms with E-state index in [1.165, 1.54) is 22.5 Å². The second kappa shape index (κ2) is 11.5. The predicted molar refractivity (Wildman–Crippen MR) is 109 cm³/mol. The van der Waals surface area contributed by atoms with Gasteiger partial charge in [-0.15, -0.1) is 0 Å². The molecule has 144 valence electrons. The quantitative estimate of drug-likeness (QED) is 0.588. The van der Waals surface area contributed by atoms with Gasteiger partial charge in [-0.2, -0.15) is 0 Å². The molecule has 0 fully saturated rings. The Labute approximate surface area is 161 Å². The molecule has 0 unspecified atom stereocenters. The lowest BCUT2D eigenvalue weighted by Crippen LogP contribution is -2.19. The minimum absolute atomic E-state index is 0.192. The molecule has 1 aromatic rings. The van der Waals surface area contributed by atoms with Crippen molar-refractivity contribution in [2.75, 3.05) is 25.2 Å². The third-order valence-corrected chi connectivity index (χ3v) is 3.70. The Bertz CT molecular complexity index is 743. The van der Waals surface area contributed by atoms with Gasteiger partial charge in [0.25, 0.3) is 0 Å². The molecular formula is C22H27NO4. The average molecular weight is 369 g/mol. The largest absolute Gasteiger partial charge is 0.458 e. The number of carbonyl (C=O) groups excluding carboxylic acids is 2. The standard InChI is InChI=1S/C16H17N.C6H10O4/c1-4-8-15-13(5-2)11-12-14-9-6-7-10-16(14)17(15)3;1-3-9-5(7)6(8)10-4-2/h4-12H,1H2,2-3H3;3-4H2,1-2H3/b13-5-,15-8+;. The van der Waals surface area contributed by atoms with Crippen molar-refractivity contribution in [1.29, 1.82) is 0 Å². The number of para-hydroxylation sites is 1. The second-order valence-electron chi connectivity index (χ2n) is 5.42. The van der Waals surface area contributed by atoms with Crippen molar-refractivity contribution >= 4 is 23.7 Å². The number of likely N-dealkylation sites (N-methyl/N-ethyl adjacent to an activating group) is 1. The van der Waals surface area contributed by atoms with Crippen LogP contribution in [0.15, 0.2) is 66.4 Å². The molecule has 0 spiro atoms. The average Bonchev–Trinajstić information content (AvgIpc) is 2.80. The van der Waals surface area contributed by atoms with Crippen LogP contribution in [0, 0.1) is 0 Å². The Morgan fingerprint density at radius 1 is 1.07 bits per heavy atom. The first-order valence-corrected chi connectivity index (χ1v) is 8.84. The first-order valence-electron chi connectivity index (χ1n) is 8.84. The third kappa shape index (κ3) is 6.29. The lowest BCUT2D eigenvalue weighted by atomic mass is 10.1. The van der Waals surface area contributed by atoms with Crippen LogP contribution in [0.4, 0.5) is 5.69 Å². The molecule has 1 heterocycles. The van der Waals surface area contributed by atoms with Crippen LogP contribution < -0.4 is 4.90 Å². The summed E-state index contributed by atoms with van der Waals surface area (Å²) in [7, 11) is 2.09. The number of carbonyl (C=O) groups is 2. The maximum atomic E-state index is 10.4. The molecule has 0 saturated heterocycles. The highest BCUT2D eigenvalue weighted by Crippen LogP contribution is 2.31. The van der Waals surface area contributed by atoms with E-state index in [-0.39, 0.29) is 13.2 Å². The van der Waals surface area contributed by atoms with Crippen molar-refractivity contribution < 1.29 is 19.1 Å². The van der Waals surface area contributed by atoms with E-state index < -0.39 is 11.9 Å². The zero-order chi connectivity index (χ0) is 20.2. The highest BCUT2D eigenvalue weighted by Gasteiger charge is 2.15. The number of nitrogens with zero attached hydrogens (tertiary/aromatic N) is 1. The minimum atomic E-state index is -0.927. The van der Waals surface area contributed by atoms with E-state index in [1.807, 2.05) is 12.2 Å². The van der Waals surface area contributed by atoms with Gasteiger partial charge >= 0.3 is 11.9 Å². The summed E-state index contributed by atoms with van der Waals surface area (Å²) < 4.78 is 8.69. The van der Waals surface area contributed by atoms with E-state index >= 15 is 0 Å². The molecule has 0 bridgehead atoms. The maximum absolute atomic E-state index is 10.4. The molecule has 0 N–H and O–H groups in total. The molecule has 0 aromatic heterocycles. The highest BCUT2D eigenvalue weighted by atomic mass is 16.6. The monoisotopic (exact) mass is 369 g/mol. The first-order chi connectivity index (χ1) is 13.0. The molecular weight excluding hydrogens is 342 g/mol. The fourth-order valence-electron chi connectivity index (χ4n) is 2.47. The van der Waals surface area contributed by atoms with Gasteiger partial charge in [0.15, 0.2) is 0 Å². The molecule has 0 amide bonds. The van der Waals surface area contributed by atoms with Gasteiger partial charge in [-0.25, -0.2) is 9.59 Å². The number of benzene rings is 1. The highest BCUT2D eigenvalue weighted by molar-refractivity contribution is 6.29. The molecule has 0 saturated carbocycles. The van der Waals surface area contributed by atoms with Crippen molar-refractivity contribution in [3.8, 4) is 0 Å². The maximum Gasteiger partial charge on any atom is 0.417 e. The van der Waals surface area contributed by atoms with Crippen molar-refractivity contribution in [2.24, 2.45) is 0 Å². The fourth-order valence-corrected chi connectivity index (χ4v) is 2.47. The smallest absolute Gasteiger partial charge is 0.417 e. The molecule has 1 aromatic carbocycles. The number of hydrogen-bond donors (Lipinski definition) is 0. The van der Waals surface area contributed by atoms with E-state index in [0.29, 0.717) is 0 Å².